The van der Waals surface area contributed by atoms with Gasteiger partial charge in [-0.3, -0.25) is 0 Å². The molecule has 2 aromatic rings. The fourth-order valence-corrected chi connectivity index (χ4v) is 4.70. The molecule has 0 saturated carbocycles. The van der Waals surface area contributed by atoms with Gasteiger partial charge in [0.25, 0.3) is 0 Å². The van der Waals surface area contributed by atoms with Gasteiger partial charge in [-0.2, -0.15) is 0 Å². The molecule has 1 fully saturated rings. The number of piperazine rings is 1. The molecule has 1 saturated heterocycles. The number of amides is 2. The van der Waals surface area contributed by atoms with E-state index >= 15 is 0 Å². The Kier molecular flexibility index (Phi) is 6.04. The molecule has 1 N–H and O–H groups in total. The van der Waals surface area contributed by atoms with E-state index in [0.29, 0.717) is 23.1 Å². The quantitative estimate of drug-likeness (QED) is 0.715. The van der Waals surface area contributed by atoms with Crippen molar-refractivity contribution in [3.05, 3.63) is 52.5 Å². The molecule has 4 nitrogen and oxygen atoms in total. The summed E-state index contributed by atoms with van der Waals surface area (Å²) < 4.78 is 0. The van der Waals surface area contributed by atoms with Crippen LogP contribution < -0.4 is 15.4 Å². The second-order valence-electron chi connectivity index (χ2n) is 7.83. The lowest BCUT2D eigenvalue weighted by molar-refractivity contribution is 0.208. The third kappa shape index (κ3) is 4.97. The molecule has 1 heterocycles. The zero-order valence-corrected chi connectivity index (χ0v) is 18.4. The normalized spacial score (nSPS) is 15.0. The highest BCUT2D eigenvalue weighted by Crippen LogP contribution is 2.29. The number of hydrogen-bond acceptors (Lipinski definition) is 2. The van der Waals surface area contributed by atoms with E-state index in [1.54, 1.807) is 6.07 Å². The number of carbonyl (C=O) groups excluding carboxylic acids is 1. The van der Waals surface area contributed by atoms with Crippen LogP contribution in [0.15, 0.2) is 42.5 Å². The minimum atomic E-state index is -1.33. The first-order valence-electron chi connectivity index (χ1n) is 9.10. The van der Waals surface area contributed by atoms with Crippen molar-refractivity contribution in [1.29, 1.82) is 0 Å². The summed E-state index contributed by atoms with van der Waals surface area (Å²) >= 11 is 12.4. The number of anilines is 2. The maximum Gasteiger partial charge on any atom is 0.321 e. The number of hydrogen-bond donors (Lipinski definition) is 1. The van der Waals surface area contributed by atoms with E-state index in [0.717, 1.165) is 24.5 Å². The highest BCUT2D eigenvalue weighted by molar-refractivity contribution is 6.88. The highest BCUT2D eigenvalue weighted by Gasteiger charge is 2.23. The molecule has 0 aliphatic carbocycles. The lowest BCUT2D eigenvalue weighted by Gasteiger charge is -2.36. The third-order valence-corrected chi connectivity index (χ3v) is 7.44. The fourth-order valence-electron chi connectivity index (χ4n) is 3.13. The molecule has 1 aliphatic heterocycles. The zero-order valence-electron chi connectivity index (χ0n) is 15.9. The summed E-state index contributed by atoms with van der Waals surface area (Å²) in [5, 5.41) is 5.73. The van der Waals surface area contributed by atoms with Crippen molar-refractivity contribution in [1.82, 2.24) is 4.90 Å². The molecule has 0 bridgehead atoms. The Morgan fingerprint density at radius 3 is 2.19 bits per heavy atom. The smallest absolute Gasteiger partial charge is 0.321 e. The molecule has 144 valence electrons. The number of urea groups is 1. The van der Waals surface area contributed by atoms with Gasteiger partial charge < -0.3 is 15.1 Å². The van der Waals surface area contributed by atoms with E-state index < -0.39 is 8.07 Å². The molecule has 27 heavy (non-hydrogen) atoms. The van der Waals surface area contributed by atoms with E-state index in [1.807, 2.05) is 29.2 Å². The van der Waals surface area contributed by atoms with Gasteiger partial charge in [0.05, 0.1) is 18.8 Å². The zero-order chi connectivity index (χ0) is 19.6. The first-order valence-corrected chi connectivity index (χ1v) is 13.4. The van der Waals surface area contributed by atoms with Gasteiger partial charge >= 0.3 is 6.03 Å². The summed E-state index contributed by atoms with van der Waals surface area (Å²) in [5.41, 5.74) is 1.76. The lowest BCUT2D eigenvalue weighted by atomic mass is 10.2. The van der Waals surface area contributed by atoms with Gasteiger partial charge in [0.15, 0.2) is 0 Å². The average molecular weight is 422 g/mol. The fraction of sp³-hybridized carbons (Fsp3) is 0.350. The largest absolute Gasteiger partial charge is 0.367 e. The molecule has 0 spiro atoms. The molecular formula is C20H25Cl2N3OSi. The molecule has 0 unspecified atom stereocenters. The number of rotatable bonds is 3. The van der Waals surface area contributed by atoms with Crippen molar-refractivity contribution in [3.8, 4) is 0 Å². The van der Waals surface area contributed by atoms with Crippen LogP contribution in [0.5, 0.6) is 0 Å². The second-order valence-corrected chi connectivity index (χ2v) is 13.7. The number of carbonyl (C=O) groups is 1. The number of nitrogens with one attached hydrogen (secondary N) is 1. The molecule has 2 aromatic carbocycles. The summed E-state index contributed by atoms with van der Waals surface area (Å²) in [6.45, 7) is 9.66. The van der Waals surface area contributed by atoms with Crippen LogP contribution in [0.3, 0.4) is 0 Å². The van der Waals surface area contributed by atoms with Gasteiger partial charge in [-0.05, 0) is 30.3 Å². The maximum atomic E-state index is 12.6. The molecule has 3 rings (SSSR count). The predicted molar refractivity (Wildman–Crippen MR) is 119 cm³/mol. The van der Waals surface area contributed by atoms with Gasteiger partial charge in [-0.25, -0.2) is 4.79 Å². The first-order chi connectivity index (χ1) is 12.7. The van der Waals surface area contributed by atoms with Crippen molar-refractivity contribution in [3.63, 3.8) is 0 Å². The van der Waals surface area contributed by atoms with Crippen molar-refractivity contribution in [2.24, 2.45) is 0 Å². The Hall–Kier alpha value is -1.69. The number of halogens is 2. The SMILES string of the molecule is C[Si](C)(C)c1ccc(NC(=O)N2CCN(c3cc(Cl)ccc3Cl)CC2)cc1. The van der Waals surface area contributed by atoms with E-state index in [1.165, 1.54) is 5.19 Å². The van der Waals surface area contributed by atoms with Gasteiger partial charge in [0, 0.05) is 36.9 Å². The van der Waals surface area contributed by atoms with Crippen LogP contribution >= 0.6 is 23.2 Å². The topological polar surface area (TPSA) is 35.6 Å². The van der Waals surface area contributed by atoms with Gasteiger partial charge in [-0.15, -0.1) is 0 Å². The Labute approximate surface area is 172 Å². The maximum absolute atomic E-state index is 12.6. The molecule has 0 atom stereocenters. The van der Waals surface area contributed by atoms with E-state index in [4.69, 9.17) is 23.2 Å². The minimum absolute atomic E-state index is 0.0624. The summed E-state index contributed by atoms with van der Waals surface area (Å²) in [6.07, 6.45) is 0. The van der Waals surface area contributed by atoms with Gasteiger partial charge in [0.2, 0.25) is 0 Å². The molecule has 0 radical (unpaired) electrons. The Balaban J connectivity index is 1.58. The van der Waals surface area contributed by atoms with Gasteiger partial charge in [-0.1, -0.05) is 60.2 Å². The van der Waals surface area contributed by atoms with Crippen LogP contribution in [0, 0.1) is 0 Å². The number of benzene rings is 2. The van der Waals surface area contributed by atoms with E-state index in [9.17, 15) is 4.79 Å². The van der Waals surface area contributed by atoms with E-state index in [-0.39, 0.29) is 6.03 Å². The molecule has 0 aromatic heterocycles. The Morgan fingerprint density at radius 2 is 1.59 bits per heavy atom. The molecule has 7 heteroatoms. The molecule has 2 amide bonds. The first kappa shape index (κ1) is 20.1. The van der Waals surface area contributed by atoms with Crippen molar-refractivity contribution in [2.45, 2.75) is 19.6 Å². The van der Waals surface area contributed by atoms with E-state index in [2.05, 4.69) is 42.0 Å². The average Bonchev–Trinajstić information content (AvgIpc) is 2.63. The summed E-state index contributed by atoms with van der Waals surface area (Å²) in [6, 6.07) is 13.6. The minimum Gasteiger partial charge on any atom is -0.367 e. The van der Waals surface area contributed by atoms with Crippen LogP contribution in [0.2, 0.25) is 29.7 Å². The van der Waals surface area contributed by atoms with Crippen LogP contribution in [0.25, 0.3) is 0 Å². The van der Waals surface area contributed by atoms with Crippen LogP contribution in [0.1, 0.15) is 0 Å². The Morgan fingerprint density at radius 1 is 0.963 bits per heavy atom. The van der Waals surface area contributed by atoms with Crippen molar-refractivity contribution >= 4 is 53.9 Å². The third-order valence-electron chi connectivity index (χ3n) is 4.82. The van der Waals surface area contributed by atoms with Crippen LogP contribution in [-0.2, 0) is 0 Å². The number of nitrogens with zero attached hydrogens (tertiary/aromatic N) is 2. The predicted octanol–water partition coefficient (Wildman–Crippen LogP) is 4.89. The van der Waals surface area contributed by atoms with Crippen molar-refractivity contribution in [2.75, 3.05) is 36.4 Å². The molecular weight excluding hydrogens is 397 g/mol. The summed E-state index contributed by atoms with van der Waals surface area (Å²) in [7, 11) is -1.33. The second kappa shape index (κ2) is 8.13. The van der Waals surface area contributed by atoms with Crippen molar-refractivity contribution < 1.29 is 4.79 Å². The van der Waals surface area contributed by atoms with Crippen LogP contribution in [0.4, 0.5) is 16.2 Å². The summed E-state index contributed by atoms with van der Waals surface area (Å²) in [5.74, 6) is 0. The Bertz CT molecular complexity index is 813. The molecule has 1 aliphatic rings. The van der Waals surface area contributed by atoms with Gasteiger partial charge in [0.1, 0.15) is 0 Å². The summed E-state index contributed by atoms with van der Waals surface area (Å²) in [4.78, 5) is 16.6. The lowest BCUT2D eigenvalue weighted by Crippen LogP contribution is -2.50. The van der Waals surface area contributed by atoms with Crippen LogP contribution in [-0.4, -0.2) is 45.2 Å². The highest BCUT2D eigenvalue weighted by atomic mass is 35.5. The standard InChI is InChI=1S/C20H25Cl2N3OSi/c1-27(2,3)17-7-5-16(6-8-17)23-20(26)25-12-10-24(11-13-25)19-14-15(21)4-9-18(19)22/h4-9,14H,10-13H2,1-3H3,(H,23,26). The monoisotopic (exact) mass is 421 g/mol.